The van der Waals surface area contributed by atoms with Crippen LogP contribution in [0.2, 0.25) is 0 Å². The fourth-order valence-corrected chi connectivity index (χ4v) is 4.70. The topological polar surface area (TPSA) is 85.4 Å². The molecule has 1 N–H and O–H groups in total. The highest BCUT2D eigenvalue weighted by atomic mass is 32.2. The molecule has 2 aromatic carbocycles. The van der Waals surface area contributed by atoms with Crippen LogP contribution in [-0.2, 0) is 27.7 Å². The van der Waals surface area contributed by atoms with Crippen molar-refractivity contribution in [2.75, 3.05) is 12.4 Å². The molecule has 0 fully saturated rings. The van der Waals surface area contributed by atoms with Gasteiger partial charge in [-0.25, -0.2) is 8.42 Å². The maximum atomic E-state index is 12.6. The third-order valence-electron chi connectivity index (χ3n) is 4.88. The molecular formula is C22H19BN2O4S. The first-order chi connectivity index (χ1) is 14.4. The number of sulfone groups is 1. The van der Waals surface area contributed by atoms with E-state index in [2.05, 4.69) is 10.3 Å². The Bertz CT molecular complexity index is 1210. The zero-order valence-corrected chi connectivity index (χ0v) is 17.0. The van der Waals surface area contributed by atoms with E-state index in [0.717, 1.165) is 11.1 Å². The fraction of sp³-hybridized carbons (Fsp3) is 0.182. The Morgan fingerprint density at radius 1 is 1.10 bits per heavy atom. The van der Waals surface area contributed by atoms with E-state index in [1.54, 1.807) is 18.3 Å². The lowest BCUT2D eigenvalue weighted by atomic mass is 9.92. The molecule has 4 rings (SSSR count). The monoisotopic (exact) mass is 418 g/mol. The number of hydrogen-bond donors (Lipinski definition) is 1. The summed E-state index contributed by atoms with van der Waals surface area (Å²) in [5.74, 6) is -0.458. The van der Waals surface area contributed by atoms with Crippen molar-refractivity contribution >= 4 is 29.1 Å². The molecule has 6 nitrogen and oxygen atoms in total. The molecule has 0 bridgehead atoms. The first kappa shape index (κ1) is 20.3. The number of carbonyl (C=O) groups is 1. The van der Waals surface area contributed by atoms with Gasteiger partial charge in [-0.3, -0.25) is 9.78 Å². The fourth-order valence-electron chi connectivity index (χ4n) is 3.31. The van der Waals surface area contributed by atoms with Crippen molar-refractivity contribution in [3.05, 3.63) is 77.6 Å². The summed E-state index contributed by atoms with van der Waals surface area (Å²) in [6.45, 7) is 0.576. The molecule has 0 saturated carbocycles. The van der Waals surface area contributed by atoms with Gasteiger partial charge in [0.1, 0.15) is 7.85 Å². The number of rotatable bonds is 4. The molecule has 2 heterocycles. The number of fused-ring (bicyclic) bond motifs is 1. The van der Waals surface area contributed by atoms with Crippen molar-refractivity contribution in [3.63, 3.8) is 0 Å². The van der Waals surface area contributed by atoms with Crippen LogP contribution in [0.15, 0.2) is 65.7 Å². The number of benzene rings is 2. The maximum absolute atomic E-state index is 12.6. The number of amides is 1. The lowest BCUT2D eigenvalue weighted by molar-refractivity contribution is 0.0950. The summed E-state index contributed by atoms with van der Waals surface area (Å²) in [7, 11) is 2.38. The summed E-state index contributed by atoms with van der Waals surface area (Å²) >= 11 is 0. The zero-order valence-electron chi connectivity index (χ0n) is 16.2. The summed E-state index contributed by atoms with van der Waals surface area (Å²) in [6, 6.07) is 15.9. The van der Waals surface area contributed by atoms with E-state index < -0.39 is 9.84 Å². The molecule has 8 heteroatoms. The average molecular weight is 418 g/mol. The van der Waals surface area contributed by atoms with Crippen LogP contribution < -0.4 is 10.8 Å². The normalized spacial score (nSPS) is 15.1. The molecule has 150 valence electrons. The summed E-state index contributed by atoms with van der Waals surface area (Å²) in [5.41, 5.74) is 4.11. The van der Waals surface area contributed by atoms with Crippen LogP contribution in [0.1, 0.15) is 21.6 Å². The molecule has 0 aliphatic carbocycles. The quantitative estimate of drug-likeness (QED) is 0.653. The summed E-state index contributed by atoms with van der Waals surface area (Å²) in [5, 5.41) is 2.80. The molecule has 1 aliphatic heterocycles. The van der Waals surface area contributed by atoms with E-state index >= 15 is 0 Å². The average Bonchev–Trinajstić information content (AvgIpc) is 2.90. The van der Waals surface area contributed by atoms with Crippen LogP contribution in [0.3, 0.4) is 0 Å². The Morgan fingerprint density at radius 3 is 2.77 bits per heavy atom. The SMILES string of the molecule is [B]c1cccc(-c2ccnc(CNC(=O)c3ccc4c(c3)S(=O)(=O)CCOC4)c2)c1. The summed E-state index contributed by atoms with van der Waals surface area (Å²) < 4.78 is 30.1. The van der Waals surface area contributed by atoms with E-state index in [1.807, 2.05) is 36.4 Å². The lowest BCUT2D eigenvalue weighted by Crippen LogP contribution is -2.23. The Morgan fingerprint density at radius 2 is 1.93 bits per heavy atom. The van der Waals surface area contributed by atoms with Gasteiger partial charge in [0.15, 0.2) is 9.84 Å². The van der Waals surface area contributed by atoms with Crippen LogP contribution >= 0.6 is 0 Å². The number of carbonyl (C=O) groups excluding carboxylic acids is 1. The van der Waals surface area contributed by atoms with Gasteiger partial charge in [0.25, 0.3) is 5.91 Å². The van der Waals surface area contributed by atoms with Gasteiger partial charge < -0.3 is 10.1 Å². The number of nitrogens with zero attached hydrogens (tertiary/aromatic N) is 1. The molecule has 30 heavy (non-hydrogen) atoms. The first-order valence-electron chi connectivity index (χ1n) is 9.45. The Balaban J connectivity index is 1.51. The Hall–Kier alpha value is -2.97. The van der Waals surface area contributed by atoms with Gasteiger partial charge in [0, 0.05) is 11.8 Å². The summed E-state index contributed by atoms with van der Waals surface area (Å²) in [4.78, 5) is 17.1. The van der Waals surface area contributed by atoms with Gasteiger partial charge in [-0.15, -0.1) is 0 Å². The van der Waals surface area contributed by atoms with Crippen LogP contribution in [0.25, 0.3) is 11.1 Å². The third-order valence-corrected chi connectivity index (χ3v) is 6.64. The second-order valence-corrected chi connectivity index (χ2v) is 9.12. The van der Waals surface area contributed by atoms with Crippen LogP contribution in [-0.4, -0.2) is 39.5 Å². The van der Waals surface area contributed by atoms with Crippen molar-refractivity contribution < 1.29 is 17.9 Å². The summed E-state index contributed by atoms with van der Waals surface area (Å²) in [6.07, 6.45) is 1.68. The Labute approximate surface area is 176 Å². The van der Waals surface area contributed by atoms with Crippen LogP contribution in [0, 0.1) is 0 Å². The van der Waals surface area contributed by atoms with E-state index in [0.29, 0.717) is 16.7 Å². The lowest BCUT2D eigenvalue weighted by Gasteiger charge is -2.10. The van der Waals surface area contributed by atoms with Gasteiger partial charge in [-0.05, 0) is 41.0 Å². The van der Waals surface area contributed by atoms with Crippen molar-refractivity contribution in [2.24, 2.45) is 0 Å². The van der Waals surface area contributed by atoms with E-state index in [-0.39, 0.29) is 41.9 Å². The third kappa shape index (κ3) is 4.45. The number of hydrogen-bond acceptors (Lipinski definition) is 5. The van der Waals surface area contributed by atoms with E-state index in [4.69, 9.17) is 12.6 Å². The van der Waals surface area contributed by atoms with Crippen molar-refractivity contribution in [1.29, 1.82) is 0 Å². The largest absolute Gasteiger partial charge is 0.376 e. The zero-order chi connectivity index (χ0) is 21.1. The van der Waals surface area contributed by atoms with Crippen LogP contribution in [0.4, 0.5) is 0 Å². The molecule has 1 aromatic heterocycles. The van der Waals surface area contributed by atoms with Gasteiger partial charge >= 0.3 is 0 Å². The van der Waals surface area contributed by atoms with Gasteiger partial charge in [0.2, 0.25) is 0 Å². The molecule has 0 saturated heterocycles. The van der Waals surface area contributed by atoms with Gasteiger partial charge in [0.05, 0.1) is 36.1 Å². The highest BCUT2D eigenvalue weighted by molar-refractivity contribution is 7.91. The van der Waals surface area contributed by atoms with Crippen molar-refractivity contribution in [2.45, 2.75) is 18.0 Å². The molecule has 1 aliphatic rings. The molecule has 0 atom stereocenters. The maximum Gasteiger partial charge on any atom is 0.251 e. The number of pyridine rings is 1. The standard InChI is InChI=1S/C22H19BN2O4S/c23-19-3-1-2-15(10-19)16-6-7-24-20(11-16)13-25-22(26)17-4-5-18-14-29-8-9-30(27,28)21(18)12-17/h1-7,10-12H,8-9,13-14H2,(H,25,26). The molecule has 0 spiro atoms. The molecule has 2 radical (unpaired) electrons. The second-order valence-electron chi connectivity index (χ2n) is 7.04. The Kier molecular flexibility index (Phi) is 5.70. The highest BCUT2D eigenvalue weighted by Crippen LogP contribution is 2.23. The minimum absolute atomic E-state index is 0.0915. The van der Waals surface area contributed by atoms with Gasteiger partial charge in [-0.2, -0.15) is 0 Å². The first-order valence-corrected chi connectivity index (χ1v) is 11.1. The predicted octanol–water partition coefficient (Wildman–Crippen LogP) is 1.78. The van der Waals surface area contributed by atoms with Crippen molar-refractivity contribution in [1.82, 2.24) is 10.3 Å². The second kappa shape index (κ2) is 8.42. The predicted molar refractivity (Wildman–Crippen MR) is 114 cm³/mol. The van der Waals surface area contributed by atoms with Crippen LogP contribution in [0.5, 0.6) is 0 Å². The van der Waals surface area contributed by atoms with Crippen molar-refractivity contribution in [3.8, 4) is 11.1 Å². The molecule has 1 amide bonds. The molecule has 3 aromatic rings. The smallest absolute Gasteiger partial charge is 0.251 e. The highest BCUT2D eigenvalue weighted by Gasteiger charge is 2.23. The molecule has 0 unspecified atom stereocenters. The number of nitrogens with one attached hydrogen (secondary N) is 1. The minimum Gasteiger partial charge on any atom is -0.376 e. The van der Waals surface area contributed by atoms with E-state index in [1.165, 1.54) is 6.07 Å². The molecular weight excluding hydrogens is 399 g/mol. The number of aromatic nitrogens is 1. The minimum atomic E-state index is -3.47. The van der Waals surface area contributed by atoms with E-state index in [9.17, 15) is 13.2 Å². The van der Waals surface area contributed by atoms with Gasteiger partial charge in [-0.1, -0.05) is 35.8 Å². The number of ether oxygens (including phenoxy) is 1.